The molecule has 3 aromatic rings. The van der Waals surface area contributed by atoms with Crippen molar-refractivity contribution >= 4 is 28.8 Å². The molecule has 30 heavy (non-hydrogen) atoms. The number of allylic oxidation sites excluding steroid dienone is 1. The Bertz CT molecular complexity index is 1100. The predicted octanol–water partition coefficient (Wildman–Crippen LogP) is 4.00. The van der Waals surface area contributed by atoms with Gasteiger partial charge < -0.3 is 14.6 Å². The van der Waals surface area contributed by atoms with Crippen LogP contribution in [0, 0.1) is 0 Å². The Morgan fingerprint density at radius 2 is 2.17 bits per heavy atom. The summed E-state index contributed by atoms with van der Waals surface area (Å²) in [5.74, 6) is 0.364. The third kappa shape index (κ3) is 4.31. The van der Waals surface area contributed by atoms with E-state index in [2.05, 4.69) is 10.3 Å². The number of carbonyl (C=O) groups excluding carboxylic acids is 2. The van der Waals surface area contributed by atoms with Crippen molar-refractivity contribution in [1.29, 1.82) is 0 Å². The number of imidazole rings is 1. The lowest BCUT2D eigenvalue weighted by atomic mass is 10.1. The molecule has 7 heteroatoms. The standard InChI is InChI=1S/C23H26N4O2S/c1-3-4-16(2)23(29)27-11-8-18(15-27)19-5-6-20(30-19)22(28)25-14-17-7-10-26-12-9-24-21(26)13-17/h4-7,9-10,12-13,18H,3,8,11,14-15H2,1-2H3,(H,25,28)/b16-4+. The van der Waals surface area contributed by atoms with Gasteiger partial charge in [0.25, 0.3) is 5.91 Å². The molecule has 3 aromatic heterocycles. The number of nitrogens with one attached hydrogen (secondary N) is 1. The minimum absolute atomic E-state index is 0.0675. The summed E-state index contributed by atoms with van der Waals surface area (Å²) in [7, 11) is 0. The van der Waals surface area contributed by atoms with Gasteiger partial charge in [-0.2, -0.15) is 0 Å². The highest BCUT2D eigenvalue weighted by Crippen LogP contribution is 2.33. The van der Waals surface area contributed by atoms with Crippen LogP contribution in [0.4, 0.5) is 0 Å². The molecule has 156 valence electrons. The third-order valence-corrected chi connectivity index (χ3v) is 6.74. The highest BCUT2D eigenvalue weighted by Gasteiger charge is 2.29. The van der Waals surface area contributed by atoms with Gasteiger partial charge in [-0.1, -0.05) is 13.0 Å². The van der Waals surface area contributed by atoms with Gasteiger partial charge in [0.05, 0.1) is 4.88 Å². The van der Waals surface area contributed by atoms with Crippen LogP contribution in [0.2, 0.25) is 0 Å². The second-order valence-electron chi connectivity index (χ2n) is 7.64. The average Bonchev–Trinajstić information content (AvgIpc) is 3.51. The summed E-state index contributed by atoms with van der Waals surface area (Å²) in [6.45, 7) is 5.88. The monoisotopic (exact) mass is 422 g/mol. The van der Waals surface area contributed by atoms with Crippen LogP contribution in [0.25, 0.3) is 5.65 Å². The Balaban J connectivity index is 1.35. The number of nitrogens with zero attached hydrogens (tertiary/aromatic N) is 3. The maximum absolute atomic E-state index is 12.6. The molecular formula is C23H26N4O2S. The van der Waals surface area contributed by atoms with Gasteiger partial charge in [-0.15, -0.1) is 11.3 Å². The second-order valence-corrected chi connectivity index (χ2v) is 8.76. The third-order valence-electron chi connectivity index (χ3n) is 5.49. The largest absolute Gasteiger partial charge is 0.347 e. The van der Waals surface area contributed by atoms with E-state index < -0.39 is 0 Å². The summed E-state index contributed by atoms with van der Waals surface area (Å²) >= 11 is 1.53. The van der Waals surface area contributed by atoms with Gasteiger partial charge in [0.15, 0.2) is 0 Å². The smallest absolute Gasteiger partial charge is 0.261 e. The Hall–Kier alpha value is -2.93. The van der Waals surface area contributed by atoms with Crippen molar-refractivity contribution < 1.29 is 9.59 Å². The number of amides is 2. The highest BCUT2D eigenvalue weighted by molar-refractivity contribution is 7.14. The highest BCUT2D eigenvalue weighted by atomic mass is 32.1. The zero-order valence-electron chi connectivity index (χ0n) is 17.3. The van der Waals surface area contributed by atoms with Gasteiger partial charge in [-0.3, -0.25) is 9.59 Å². The molecule has 2 amide bonds. The fourth-order valence-electron chi connectivity index (χ4n) is 3.85. The Kier molecular flexibility index (Phi) is 5.99. The summed E-state index contributed by atoms with van der Waals surface area (Å²) < 4.78 is 1.94. The van der Waals surface area contributed by atoms with Crippen molar-refractivity contribution in [2.24, 2.45) is 0 Å². The molecule has 0 bridgehead atoms. The fraction of sp³-hybridized carbons (Fsp3) is 0.348. The summed E-state index contributed by atoms with van der Waals surface area (Å²) in [5.41, 5.74) is 2.70. The van der Waals surface area contributed by atoms with Crippen molar-refractivity contribution in [1.82, 2.24) is 19.6 Å². The fourth-order valence-corrected chi connectivity index (χ4v) is 4.90. The molecule has 0 aliphatic carbocycles. The van der Waals surface area contributed by atoms with E-state index in [1.807, 2.05) is 65.9 Å². The zero-order valence-corrected chi connectivity index (χ0v) is 18.1. The van der Waals surface area contributed by atoms with Crippen molar-refractivity contribution in [2.75, 3.05) is 13.1 Å². The van der Waals surface area contributed by atoms with E-state index in [9.17, 15) is 9.59 Å². The molecule has 0 saturated carbocycles. The van der Waals surface area contributed by atoms with Crippen molar-refractivity contribution in [3.8, 4) is 0 Å². The van der Waals surface area contributed by atoms with E-state index in [-0.39, 0.29) is 11.8 Å². The van der Waals surface area contributed by atoms with Crippen LogP contribution in [0.15, 0.2) is 54.5 Å². The van der Waals surface area contributed by atoms with Crippen LogP contribution in [0.3, 0.4) is 0 Å². The average molecular weight is 423 g/mol. The van der Waals surface area contributed by atoms with Crippen LogP contribution in [-0.2, 0) is 11.3 Å². The number of hydrogen-bond donors (Lipinski definition) is 1. The van der Waals surface area contributed by atoms with Gasteiger partial charge >= 0.3 is 0 Å². The van der Waals surface area contributed by atoms with Crippen LogP contribution >= 0.6 is 11.3 Å². The van der Waals surface area contributed by atoms with E-state index >= 15 is 0 Å². The molecule has 0 aromatic carbocycles. The Labute approximate surface area is 180 Å². The van der Waals surface area contributed by atoms with E-state index in [0.29, 0.717) is 17.3 Å². The number of rotatable bonds is 6. The predicted molar refractivity (Wildman–Crippen MR) is 119 cm³/mol. The lowest BCUT2D eigenvalue weighted by Crippen LogP contribution is -2.29. The summed E-state index contributed by atoms with van der Waals surface area (Å²) in [4.78, 5) is 33.2. The molecule has 1 unspecified atom stereocenters. The van der Waals surface area contributed by atoms with E-state index in [1.165, 1.54) is 16.2 Å². The first kappa shape index (κ1) is 20.3. The van der Waals surface area contributed by atoms with Gasteiger partial charge in [0, 0.05) is 54.6 Å². The van der Waals surface area contributed by atoms with Gasteiger partial charge in [-0.05, 0) is 49.6 Å². The maximum Gasteiger partial charge on any atom is 0.261 e. The second kappa shape index (κ2) is 8.83. The molecule has 1 N–H and O–H groups in total. The number of likely N-dealkylation sites (tertiary alicyclic amines) is 1. The molecule has 0 radical (unpaired) electrons. The normalized spacial score (nSPS) is 16.9. The molecule has 4 heterocycles. The first-order valence-electron chi connectivity index (χ1n) is 10.3. The molecule has 6 nitrogen and oxygen atoms in total. The molecule has 1 saturated heterocycles. The van der Waals surface area contributed by atoms with Crippen LogP contribution in [0.5, 0.6) is 0 Å². The minimum Gasteiger partial charge on any atom is -0.347 e. The minimum atomic E-state index is -0.0675. The SMILES string of the molecule is CC/C=C(\C)C(=O)N1CCC(c2ccc(C(=O)NCc3ccn4ccnc4c3)s2)C1. The summed E-state index contributed by atoms with van der Waals surface area (Å²) in [5, 5.41) is 2.99. The van der Waals surface area contributed by atoms with Gasteiger partial charge in [0.1, 0.15) is 5.65 Å². The lowest BCUT2D eigenvalue weighted by Gasteiger charge is -2.16. The number of carbonyl (C=O) groups is 2. The van der Waals surface area contributed by atoms with Crippen LogP contribution in [-0.4, -0.2) is 39.2 Å². The summed E-state index contributed by atoms with van der Waals surface area (Å²) in [6, 6.07) is 7.87. The van der Waals surface area contributed by atoms with Crippen molar-refractivity contribution in [3.63, 3.8) is 0 Å². The number of hydrogen-bond acceptors (Lipinski definition) is 4. The number of pyridine rings is 1. The van der Waals surface area contributed by atoms with E-state index in [1.54, 1.807) is 6.20 Å². The number of aromatic nitrogens is 2. The van der Waals surface area contributed by atoms with Crippen molar-refractivity contribution in [2.45, 2.75) is 39.2 Å². The van der Waals surface area contributed by atoms with Gasteiger partial charge in [-0.25, -0.2) is 4.98 Å². The van der Waals surface area contributed by atoms with E-state index in [0.717, 1.165) is 42.7 Å². The molecule has 1 aliphatic rings. The van der Waals surface area contributed by atoms with Crippen LogP contribution < -0.4 is 5.32 Å². The molecule has 1 fully saturated rings. The molecule has 1 aliphatic heterocycles. The molecule has 0 spiro atoms. The number of thiophene rings is 1. The first-order chi connectivity index (χ1) is 14.5. The topological polar surface area (TPSA) is 66.7 Å². The molecular weight excluding hydrogens is 396 g/mol. The van der Waals surface area contributed by atoms with Crippen molar-refractivity contribution in [3.05, 3.63) is 69.8 Å². The summed E-state index contributed by atoms with van der Waals surface area (Å²) in [6.07, 6.45) is 9.38. The van der Waals surface area contributed by atoms with Gasteiger partial charge in [0.2, 0.25) is 5.91 Å². The number of fused-ring (bicyclic) bond motifs is 1. The quantitative estimate of drug-likeness (QED) is 0.611. The maximum atomic E-state index is 12.6. The molecule has 1 atom stereocenters. The first-order valence-corrected chi connectivity index (χ1v) is 11.1. The lowest BCUT2D eigenvalue weighted by molar-refractivity contribution is -0.126. The van der Waals surface area contributed by atoms with Crippen LogP contribution in [0.1, 0.15) is 52.7 Å². The zero-order chi connectivity index (χ0) is 21.1. The van der Waals surface area contributed by atoms with E-state index in [4.69, 9.17) is 0 Å². The Morgan fingerprint density at radius 3 is 3.00 bits per heavy atom. The Morgan fingerprint density at radius 1 is 1.30 bits per heavy atom. The molecule has 4 rings (SSSR count).